The first-order valence-electron chi connectivity index (χ1n) is 8.01. The molecule has 4 nitrogen and oxygen atoms in total. The second-order valence-corrected chi connectivity index (χ2v) is 7.05. The molecule has 0 saturated heterocycles. The van der Waals surface area contributed by atoms with E-state index in [1.54, 1.807) is 0 Å². The van der Waals surface area contributed by atoms with Gasteiger partial charge in [0.1, 0.15) is 5.52 Å². The lowest BCUT2D eigenvalue weighted by Crippen LogP contribution is -2.22. The molecular weight excluding hydrogens is 332 g/mol. The molecule has 0 saturated carbocycles. The zero-order valence-corrected chi connectivity index (χ0v) is 14.4. The number of thioether (sulfide) groups is 1. The topological polar surface area (TPSA) is 55.1 Å². The van der Waals surface area contributed by atoms with Crippen molar-refractivity contribution in [3.63, 3.8) is 0 Å². The van der Waals surface area contributed by atoms with E-state index in [2.05, 4.69) is 10.3 Å². The van der Waals surface area contributed by atoms with Gasteiger partial charge in [0.25, 0.3) is 5.22 Å². The van der Waals surface area contributed by atoms with Crippen LogP contribution in [0.15, 0.2) is 76.4 Å². The second-order valence-electron chi connectivity index (χ2n) is 5.76. The van der Waals surface area contributed by atoms with Crippen molar-refractivity contribution >= 4 is 45.2 Å². The van der Waals surface area contributed by atoms with Crippen LogP contribution in [0.3, 0.4) is 0 Å². The molecule has 4 rings (SSSR count). The van der Waals surface area contributed by atoms with Crippen LogP contribution >= 0.6 is 11.8 Å². The van der Waals surface area contributed by atoms with E-state index in [-0.39, 0.29) is 11.2 Å². The minimum atomic E-state index is -0.320. The molecule has 0 spiro atoms. The van der Waals surface area contributed by atoms with Crippen molar-refractivity contribution in [2.45, 2.75) is 17.4 Å². The number of hydrogen-bond acceptors (Lipinski definition) is 4. The van der Waals surface area contributed by atoms with Crippen LogP contribution < -0.4 is 5.32 Å². The van der Waals surface area contributed by atoms with Gasteiger partial charge in [0.15, 0.2) is 5.58 Å². The molecule has 124 valence electrons. The summed E-state index contributed by atoms with van der Waals surface area (Å²) in [6.07, 6.45) is 0. The normalized spacial score (nSPS) is 12.4. The number of para-hydroxylation sites is 2. The Morgan fingerprint density at radius 1 is 1.04 bits per heavy atom. The summed E-state index contributed by atoms with van der Waals surface area (Å²) < 4.78 is 5.67. The van der Waals surface area contributed by atoms with Gasteiger partial charge in [0.2, 0.25) is 5.91 Å². The van der Waals surface area contributed by atoms with E-state index >= 15 is 0 Å². The van der Waals surface area contributed by atoms with Crippen molar-refractivity contribution in [2.75, 3.05) is 5.32 Å². The number of carbonyl (C=O) groups is 1. The number of aromatic nitrogens is 1. The summed E-state index contributed by atoms with van der Waals surface area (Å²) in [7, 11) is 0. The Kier molecular flexibility index (Phi) is 4.15. The summed E-state index contributed by atoms with van der Waals surface area (Å²) in [4.78, 5) is 16.9. The minimum absolute atomic E-state index is 0.0810. The van der Waals surface area contributed by atoms with Crippen LogP contribution in [0.25, 0.3) is 21.9 Å². The molecular formula is C20H16N2O2S. The highest BCUT2D eigenvalue weighted by molar-refractivity contribution is 8.00. The van der Waals surface area contributed by atoms with Gasteiger partial charge in [-0.15, -0.1) is 0 Å². The maximum atomic E-state index is 12.5. The smallest absolute Gasteiger partial charge is 0.257 e. The van der Waals surface area contributed by atoms with E-state index in [9.17, 15) is 4.79 Å². The Morgan fingerprint density at radius 2 is 1.80 bits per heavy atom. The fourth-order valence-electron chi connectivity index (χ4n) is 2.62. The minimum Gasteiger partial charge on any atom is -0.431 e. The zero-order valence-electron chi connectivity index (χ0n) is 13.6. The molecule has 1 aromatic heterocycles. The van der Waals surface area contributed by atoms with Crippen LogP contribution in [0.5, 0.6) is 0 Å². The highest BCUT2D eigenvalue weighted by atomic mass is 32.2. The van der Waals surface area contributed by atoms with Crippen LogP contribution in [-0.2, 0) is 4.79 Å². The van der Waals surface area contributed by atoms with E-state index < -0.39 is 0 Å². The maximum Gasteiger partial charge on any atom is 0.257 e. The first kappa shape index (κ1) is 15.7. The summed E-state index contributed by atoms with van der Waals surface area (Å²) in [6.45, 7) is 1.84. The number of benzene rings is 3. The van der Waals surface area contributed by atoms with Gasteiger partial charge in [-0.05, 0) is 42.0 Å². The zero-order chi connectivity index (χ0) is 17.2. The van der Waals surface area contributed by atoms with Crippen LogP contribution in [0.1, 0.15) is 6.92 Å². The molecule has 1 amide bonds. The van der Waals surface area contributed by atoms with E-state index in [1.165, 1.54) is 11.8 Å². The molecule has 5 heteroatoms. The Labute approximate surface area is 149 Å². The lowest BCUT2D eigenvalue weighted by Gasteiger charge is -2.10. The van der Waals surface area contributed by atoms with Crippen LogP contribution in [0, 0.1) is 0 Å². The molecule has 3 aromatic carbocycles. The summed E-state index contributed by atoms with van der Waals surface area (Å²) in [5.74, 6) is -0.0810. The van der Waals surface area contributed by atoms with E-state index in [0.29, 0.717) is 5.22 Å². The van der Waals surface area contributed by atoms with Gasteiger partial charge >= 0.3 is 0 Å². The predicted molar refractivity (Wildman–Crippen MR) is 102 cm³/mol. The third-order valence-corrected chi connectivity index (χ3v) is 4.88. The molecule has 1 atom stereocenters. The quantitative estimate of drug-likeness (QED) is 0.521. The van der Waals surface area contributed by atoms with Crippen molar-refractivity contribution in [1.29, 1.82) is 0 Å². The third kappa shape index (κ3) is 3.37. The monoisotopic (exact) mass is 348 g/mol. The van der Waals surface area contributed by atoms with Crippen molar-refractivity contribution in [2.24, 2.45) is 0 Å². The molecule has 0 aliphatic carbocycles. The number of anilines is 1. The largest absolute Gasteiger partial charge is 0.431 e. The average molecular weight is 348 g/mol. The highest BCUT2D eigenvalue weighted by Gasteiger charge is 2.18. The van der Waals surface area contributed by atoms with Gasteiger partial charge in [-0.1, -0.05) is 54.2 Å². The number of nitrogens with one attached hydrogen (secondary N) is 1. The van der Waals surface area contributed by atoms with Crippen LogP contribution in [-0.4, -0.2) is 16.1 Å². The number of amides is 1. The predicted octanol–water partition coefficient (Wildman–Crippen LogP) is 5.10. The third-order valence-electron chi connectivity index (χ3n) is 3.94. The molecule has 25 heavy (non-hydrogen) atoms. The Bertz CT molecular complexity index is 1020. The Hall–Kier alpha value is -2.79. The van der Waals surface area contributed by atoms with Gasteiger partial charge < -0.3 is 9.73 Å². The summed E-state index contributed by atoms with van der Waals surface area (Å²) >= 11 is 1.31. The van der Waals surface area contributed by atoms with E-state index in [1.807, 2.05) is 73.7 Å². The fourth-order valence-corrected chi connectivity index (χ4v) is 3.37. The SMILES string of the molecule is C[C@@H](Sc1nc2ccccc2o1)C(=O)Nc1ccc2ccccc2c1. The number of hydrogen-bond donors (Lipinski definition) is 1. The molecule has 0 aliphatic heterocycles. The summed E-state index contributed by atoms with van der Waals surface area (Å²) in [6, 6.07) is 21.5. The summed E-state index contributed by atoms with van der Waals surface area (Å²) in [5.41, 5.74) is 2.31. The molecule has 0 radical (unpaired) electrons. The van der Waals surface area contributed by atoms with Gasteiger partial charge in [0.05, 0.1) is 5.25 Å². The van der Waals surface area contributed by atoms with Gasteiger partial charge in [-0.2, -0.15) is 0 Å². The van der Waals surface area contributed by atoms with Gasteiger partial charge in [0, 0.05) is 5.69 Å². The van der Waals surface area contributed by atoms with E-state index in [4.69, 9.17) is 4.42 Å². The Balaban J connectivity index is 1.47. The molecule has 1 N–H and O–H groups in total. The molecule has 0 aliphatic rings. The second kappa shape index (κ2) is 6.61. The van der Waals surface area contributed by atoms with Crippen molar-refractivity contribution in [1.82, 2.24) is 4.98 Å². The van der Waals surface area contributed by atoms with Gasteiger partial charge in [-0.25, -0.2) is 4.98 Å². The van der Waals surface area contributed by atoms with Crippen molar-refractivity contribution in [3.05, 3.63) is 66.7 Å². The Morgan fingerprint density at radius 3 is 2.64 bits per heavy atom. The van der Waals surface area contributed by atoms with Crippen molar-refractivity contribution in [3.8, 4) is 0 Å². The lowest BCUT2D eigenvalue weighted by atomic mass is 10.1. The average Bonchev–Trinajstić information content (AvgIpc) is 3.03. The summed E-state index contributed by atoms with van der Waals surface area (Å²) in [5, 5.41) is 5.39. The fraction of sp³-hybridized carbons (Fsp3) is 0.100. The van der Waals surface area contributed by atoms with Crippen LogP contribution in [0.2, 0.25) is 0 Å². The lowest BCUT2D eigenvalue weighted by molar-refractivity contribution is -0.115. The number of carbonyl (C=O) groups excluding carboxylic acids is 1. The molecule has 1 heterocycles. The number of rotatable bonds is 4. The first-order valence-corrected chi connectivity index (χ1v) is 8.89. The molecule has 0 fully saturated rings. The van der Waals surface area contributed by atoms with Crippen molar-refractivity contribution < 1.29 is 9.21 Å². The molecule has 0 bridgehead atoms. The first-order chi connectivity index (χ1) is 12.2. The maximum absolute atomic E-state index is 12.5. The number of fused-ring (bicyclic) bond motifs is 2. The number of nitrogens with zero attached hydrogens (tertiary/aromatic N) is 1. The number of oxazole rings is 1. The molecule has 0 unspecified atom stereocenters. The van der Waals surface area contributed by atoms with Gasteiger partial charge in [-0.3, -0.25) is 4.79 Å². The standard InChI is InChI=1S/C20H16N2O2S/c1-13(25-20-22-17-8-4-5-9-18(17)24-20)19(23)21-16-11-10-14-6-2-3-7-15(14)12-16/h2-13H,1H3,(H,21,23)/t13-/m1/s1. The van der Waals surface area contributed by atoms with Crippen LogP contribution in [0.4, 0.5) is 5.69 Å². The molecule has 4 aromatic rings. The highest BCUT2D eigenvalue weighted by Crippen LogP contribution is 2.27. The van der Waals surface area contributed by atoms with E-state index in [0.717, 1.165) is 27.6 Å².